The molecule has 0 saturated carbocycles. The summed E-state index contributed by atoms with van der Waals surface area (Å²) in [6, 6.07) is 18.5. The van der Waals surface area contributed by atoms with Gasteiger partial charge in [0, 0.05) is 12.3 Å². The van der Waals surface area contributed by atoms with E-state index in [4.69, 9.17) is 4.42 Å². The number of anilines is 1. The van der Waals surface area contributed by atoms with Crippen molar-refractivity contribution >= 4 is 51.9 Å². The number of nitrogens with zero attached hydrogens (tertiary/aromatic N) is 3. The number of benzene rings is 2. The van der Waals surface area contributed by atoms with Gasteiger partial charge in [0.05, 0.1) is 35.4 Å². The largest absolute Gasteiger partial charge is 0.461 e. The lowest BCUT2D eigenvalue weighted by molar-refractivity contribution is 0.186. The number of hydrogen-bond acceptors (Lipinski definition) is 7. The fourth-order valence-electron chi connectivity index (χ4n) is 3.28. The molecule has 0 aliphatic heterocycles. The van der Waals surface area contributed by atoms with Gasteiger partial charge in [-0.3, -0.25) is 5.32 Å². The van der Waals surface area contributed by atoms with Crippen molar-refractivity contribution in [2.45, 2.75) is 0 Å². The standard InChI is InChI=1S/C13H16N4O3S.C11H8N2O/c1-20-13(19)16-11-15-9-5-3-4-6-10(9)17(11)12(18)14-7-8-21-2;1-2-5-9-8(4-1)12-11(13-9)10-6-3-7-14-10/h3-6H,7-8H2,1-2H3,(H,14,18)(H,15,16,19);1-7H,(H,12,13). The van der Waals surface area contributed by atoms with Crippen molar-refractivity contribution in [2.75, 3.05) is 31.0 Å². The van der Waals surface area contributed by atoms with Crippen LogP contribution in [0.15, 0.2) is 71.3 Å². The zero-order chi connectivity index (χ0) is 24.6. The number of carbonyl (C=O) groups is 2. The van der Waals surface area contributed by atoms with Crippen molar-refractivity contribution in [3.63, 3.8) is 0 Å². The van der Waals surface area contributed by atoms with E-state index in [9.17, 15) is 9.59 Å². The predicted molar refractivity (Wildman–Crippen MR) is 137 cm³/mol. The van der Waals surface area contributed by atoms with E-state index in [1.54, 1.807) is 36.2 Å². The molecule has 0 unspecified atom stereocenters. The molecule has 2 amide bonds. The van der Waals surface area contributed by atoms with Crippen LogP contribution >= 0.6 is 11.8 Å². The number of thioether (sulfide) groups is 1. The Bertz CT molecular complexity index is 1390. The molecule has 180 valence electrons. The lowest BCUT2D eigenvalue weighted by Crippen LogP contribution is -2.31. The third-order valence-electron chi connectivity index (χ3n) is 4.89. The number of ether oxygens (including phenoxy) is 1. The molecule has 3 N–H and O–H groups in total. The van der Waals surface area contributed by atoms with E-state index in [2.05, 4.69) is 30.3 Å². The molecular formula is C24H24N6O4S. The van der Waals surface area contributed by atoms with Crippen LogP contribution < -0.4 is 10.6 Å². The molecule has 0 bridgehead atoms. The van der Waals surface area contributed by atoms with Crippen LogP contribution in [0.25, 0.3) is 33.7 Å². The predicted octanol–water partition coefficient (Wildman–Crippen LogP) is 4.96. The number of nitrogens with one attached hydrogen (secondary N) is 3. The number of furan rings is 1. The summed E-state index contributed by atoms with van der Waals surface area (Å²) in [6.45, 7) is 0.532. The van der Waals surface area contributed by atoms with Crippen molar-refractivity contribution in [1.29, 1.82) is 0 Å². The molecule has 0 fully saturated rings. The summed E-state index contributed by atoms with van der Waals surface area (Å²) >= 11 is 1.63. The van der Waals surface area contributed by atoms with Gasteiger partial charge in [-0.05, 0) is 42.7 Å². The Labute approximate surface area is 205 Å². The van der Waals surface area contributed by atoms with Gasteiger partial charge in [-0.1, -0.05) is 24.3 Å². The number of rotatable bonds is 5. The zero-order valence-electron chi connectivity index (χ0n) is 19.1. The number of para-hydroxylation sites is 4. The first-order valence-corrected chi connectivity index (χ1v) is 12.1. The number of fused-ring (bicyclic) bond motifs is 2. The number of aromatic nitrogens is 4. The number of amides is 2. The van der Waals surface area contributed by atoms with Crippen LogP contribution in [-0.4, -0.2) is 57.3 Å². The van der Waals surface area contributed by atoms with Gasteiger partial charge in [0.2, 0.25) is 5.95 Å². The van der Waals surface area contributed by atoms with Gasteiger partial charge >= 0.3 is 12.1 Å². The lowest BCUT2D eigenvalue weighted by atomic mass is 10.3. The molecule has 35 heavy (non-hydrogen) atoms. The number of aromatic amines is 1. The second-order valence-corrected chi connectivity index (χ2v) is 8.17. The molecule has 5 aromatic rings. The van der Waals surface area contributed by atoms with E-state index in [1.165, 1.54) is 11.7 Å². The minimum atomic E-state index is -0.677. The van der Waals surface area contributed by atoms with Gasteiger partial charge in [-0.15, -0.1) is 0 Å². The zero-order valence-corrected chi connectivity index (χ0v) is 20.0. The molecule has 11 heteroatoms. The van der Waals surface area contributed by atoms with Gasteiger partial charge in [-0.25, -0.2) is 24.1 Å². The molecule has 3 heterocycles. The fourth-order valence-corrected chi connectivity index (χ4v) is 3.59. The van der Waals surface area contributed by atoms with Crippen LogP contribution in [0.2, 0.25) is 0 Å². The summed E-state index contributed by atoms with van der Waals surface area (Å²) in [6.07, 6.45) is 2.93. The summed E-state index contributed by atoms with van der Waals surface area (Å²) in [5.74, 6) is 2.47. The summed E-state index contributed by atoms with van der Waals surface area (Å²) in [5.41, 5.74) is 3.22. The van der Waals surface area contributed by atoms with Gasteiger partial charge in [0.25, 0.3) is 0 Å². The third-order valence-corrected chi connectivity index (χ3v) is 5.50. The van der Waals surface area contributed by atoms with Crippen molar-refractivity contribution in [1.82, 2.24) is 24.8 Å². The molecule has 0 aliphatic rings. The molecule has 0 radical (unpaired) electrons. The maximum absolute atomic E-state index is 12.3. The Kier molecular flexibility index (Phi) is 7.68. The van der Waals surface area contributed by atoms with Crippen molar-refractivity contribution in [3.05, 3.63) is 66.9 Å². The number of H-pyrrole nitrogens is 1. The molecule has 0 spiro atoms. The van der Waals surface area contributed by atoms with E-state index in [-0.39, 0.29) is 12.0 Å². The first-order chi connectivity index (χ1) is 17.1. The van der Waals surface area contributed by atoms with Crippen molar-refractivity contribution in [2.24, 2.45) is 0 Å². The van der Waals surface area contributed by atoms with Crippen LogP contribution in [-0.2, 0) is 4.74 Å². The Balaban J connectivity index is 0.000000177. The van der Waals surface area contributed by atoms with E-state index in [0.717, 1.165) is 28.4 Å². The minimum absolute atomic E-state index is 0.129. The quantitative estimate of drug-likeness (QED) is 0.296. The summed E-state index contributed by atoms with van der Waals surface area (Å²) < 4.78 is 11.1. The van der Waals surface area contributed by atoms with Gasteiger partial charge in [-0.2, -0.15) is 11.8 Å². The Morgan fingerprint density at radius 1 is 1.06 bits per heavy atom. The topological polar surface area (TPSA) is 127 Å². The average Bonchev–Trinajstić information content (AvgIpc) is 3.62. The van der Waals surface area contributed by atoms with E-state index < -0.39 is 6.09 Å². The van der Waals surface area contributed by atoms with Crippen LogP contribution in [0.4, 0.5) is 15.5 Å². The van der Waals surface area contributed by atoms with Crippen molar-refractivity contribution in [3.8, 4) is 11.6 Å². The maximum atomic E-state index is 12.3. The summed E-state index contributed by atoms with van der Waals surface area (Å²) in [4.78, 5) is 35.5. The lowest BCUT2D eigenvalue weighted by Gasteiger charge is -2.09. The molecule has 10 nitrogen and oxygen atoms in total. The Morgan fingerprint density at radius 3 is 2.54 bits per heavy atom. The highest BCUT2D eigenvalue weighted by molar-refractivity contribution is 7.98. The first kappa shape index (κ1) is 23.9. The Hall–Kier alpha value is -4.25. The van der Waals surface area contributed by atoms with Crippen LogP contribution in [0.5, 0.6) is 0 Å². The highest BCUT2D eigenvalue weighted by Crippen LogP contribution is 2.20. The second-order valence-electron chi connectivity index (χ2n) is 7.18. The SMILES string of the molecule is COC(=O)Nc1nc2ccccc2n1C(=O)NCCSC.c1coc(-c2nc3ccccc3[nH]2)c1. The van der Waals surface area contributed by atoms with Gasteiger partial charge < -0.3 is 19.5 Å². The summed E-state index contributed by atoms with van der Waals surface area (Å²) in [5, 5.41) is 5.23. The average molecular weight is 493 g/mol. The number of carbonyl (C=O) groups excluding carboxylic acids is 2. The highest BCUT2D eigenvalue weighted by Gasteiger charge is 2.18. The molecule has 2 aromatic carbocycles. The minimum Gasteiger partial charge on any atom is -0.461 e. The Morgan fingerprint density at radius 2 is 1.83 bits per heavy atom. The summed E-state index contributed by atoms with van der Waals surface area (Å²) in [7, 11) is 1.25. The molecular weight excluding hydrogens is 468 g/mol. The fraction of sp³-hybridized carbons (Fsp3) is 0.167. The second kappa shape index (κ2) is 11.3. The smallest absolute Gasteiger partial charge is 0.413 e. The van der Waals surface area contributed by atoms with Crippen LogP contribution in [0.1, 0.15) is 0 Å². The molecule has 0 saturated heterocycles. The van der Waals surface area contributed by atoms with Gasteiger partial charge in [0.1, 0.15) is 0 Å². The van der Waals surface area contributed by atoms with Crippen LogP contribution in [0.3, 0.4) is 0 Å². The third kappa shape index (κ3) is 5.64. The van der Waals surface area contributed by atoms with Crippen molar-refractivity contribution < 1.29 is 18.7 Å². The van der Waals surface area contributed by atoms with E-state index in [0.29, 0.717) is 17.6 Å². The molecule has 3 aromatic heterocycles. The molecule has 0 aliphatic carbocycles. The number of hydrogen-bond donors (Lipinski definition) is 3. The normalized spacial score (nSPS) is 10.6. The highest BCUT2D eigenvalue weighted by atomic mass is 32.2. The van der Waals surface area contributed by atoms with E-state index in [1.807, 2.05) is 48.7 Å². The number of methoxy groups -OCH3 is 1. The van der Waals surface area contributed by atoms with Crippen LogP contribution in [0, 0.1) is 0 Å². The number of imidazole rings is 2. The maximum Gasteiger partial charge on any atom is 0.413 e. The molecule has 5 rings (SSSR count). The van der Waals surface area contributed by atoms with E-state index >= 15 is 0 Å². The monoisotopic (exact) mass is 492 g/mol. The van der Waals surface area contributed by atoms with Gasteiger partial charge in [0.15, 0.2) is 11.6 Å². The molecule has 0 atom stereocenters. The first-order valence-electron chi connectivity index (χ1n) is 10.7.